The van der Waals surface area contributed by atoms with Gasteiger partial charge in [0.2, 0.25) is 0 Å². The van der Waals surface area contributed by atoms with Crippen LogP contribution < -0.4 is 0 Å². The van der Waals surface area contributed by atoms with Crippen LogP contribution in [0.25, 0.3) is 0 Å². The molecule has 60 valence electrons. The number of phenols is 1. The monoisotopic (exact) mass is 278 g/mol. The number of hydrogen-bond acceptors (Lipinski definition) is 1. The molecule has 0 amide bonds. The molecule has 0 saturated carbocycles. The fourth-order valence-electron chi connectivity index (χ4n) is 0.826. The molecule has 0 bridgehead atoms. The number of phenolic OH excluding ortho intramolecular Hbond substituents is 1. The predicted octanol–water partition coefficient (Wildman–Crippen LogP) is 3.53. The molecule has 1 nitrogen and oxygen atoms in total. The van der Waals surface area contributed by atoms with Crippen LogP contribution in [0.1, 0.15) is 11.1 Å². The smallest absolute Gasteiger partial charge is 0.134 e. The van der Waals surface area contributed by atoms with Crippen molar-refractivity contribution < 1.29 is 5.11 Å². The van der Waals surface area contributed by atoms with Crippen LogP contribution in [0.4, 0.5) is 0 Å². The van der Waals surface area contributed by atoms with Crippen LogP contribution in [-0.4, -0.2) is 5.11 Å². The Hall–Kier alpha value is -0.0200. The average molecular weight is 280 g/mol. The highest BCUT2D eigenvalue weighted by molar-refractivity contribution is 9.11. The van der Waals surface area contributed by atoms with Gasteiger partial charge in [0, 0.05) is 10.0 Å². The van der Waals surface area contributed by atoms with Gasteiger partial charge in [0.15, 0.2) is 0 Å². The Morgan fingerprint density at radius 2 is 1.82 bits per heavy atom. The second-order valence-corrected chi connectivity index (χ2v) is 4.11. The lowest BCUT2D eigenvalue weighted by Gasteiger charge is -2.06. The SMILES string of the molecule is Cc1cc(Br)c(C)c(O)c1Br. The number of hydrogen-bond donors (Lipinski definition) is 1. The van der Waals surface area contributed by atoms with E-state index in [1.165, 1.54) is 0 Å². The zero-order valence-electron chi connectivity index (χ0n) is 6.28. The van der Waals surface area contributed by atoms with Crippen molar-refractivity contribution in [1.29, 1.82) is 0 Å². The molecule has 0 spiro atoms. The Kier molecular flexibility index (Phi) is 2.60. The van der Waals surface area contributed by atoms with Gasteiger partial charge in [-0.2, -0.15) is 0 Å². The van der Waals surface area contributed by atoms with E-state index >= 15 is 0 Å². The normalized spacial score (nSPS) is 10.2. The first-order valence-electron chi connectivity index (χ1n) is 3.18. The third-order valence-electron chi connectivity index (χ3n) is 1.61. The lowest BCUT2D eigenvalue weighted by molar-refractivity contribution is 0.466. The van der Waals surface area contributed by atoms with E-state index in [-0.39, 0.29) is 0 Å². The lowest BCUT2D eigenvalue weighted by atomic mass is 10.1. The maximum atomic E-state index is 9.49. The lowest BCUT2D eigenvalue weighted by Crippen LogP contribution is -1.83. The Morgan fingerprint density at radius 3 is 2.36 bits per heavy atom. The molecule has 0 fully saturated rings. The molecule has 1 aromatic carbocycles. The van der Waals surface area contributed by atoms with E-state index in [9.17, 15) is 5.11 Å². The molecular formula is C8H8Br2O. The summed E-state index contributed by atoms with van der Waals surface area (Å²) in [5, 5.41) is 9.49. The number of aryl methyl sites for hydroxylation is 1. The first-order chi connectivity index (χ1) is 5.04. The van der Waals surface area contributed by atoms with Crippen LogP contribution in [0.2, 0.25) is 0 Å². The highest BCUT2D eigenvalue weighted by atomic mass is 79.9. The Labute approximate surface area is 82.7 Å². The second kappa shape index (κ2) is 3.15. The molecule has 0 aliphatic heterocycles. The molecule has 0 aliphatic carbocycles. The molecule has 0 unspecified atom stereocenters. The average Bonchev–Trinajstić information content (AvgIpc) is 1.97. The van der Waals surface area contributed by atoms with Crippen molar-refractivity contribution in [3.8, 4) is 5.75 Å². The minimum atomic E-state index is 0.317. The molecule has 0 atom stereocenters. The van der Waals surface area contributed by atoms with Crippen molar-refractivity contribution in [1.82, 2.24) is 0 Å². The predicted molar refractivity (Wildman–Crippen MR) is 53.0 cm³/mol. The van der Waals surface area contributed by atoms with Crippen LogP contribution in [0.3, 0.4) is 0 Å². The van der Waals surface area contributed by atoms with Gasteiger partial charge >= 0.3 is 0 Å². The summed E-state index contributed by atoms with van der Waals surface area (Å²) in [4.78, 5) is 0. The first kappa shape index (κ1) is 9.07. The van der Waals surface area contributed by atoms with Crippen LogP contribution in [0.15, 0.2) is 15.0 Å². The fourth-order valence-corrected chi connectivity index (χ4v) is 1.77. The van der Waals surface area contributed by atoms with Gasteiger partial charge in [-0.3, -0.25) is 0 Å². The van der Waals surface area contributed by atoms with Gasteiger partial charge in [-0.15, -0.1) is 0 Å². The third kappa shape index (κ3) is 1.59. The molecule has 1 rings (SSSR count). The van der Waals surface area contributed by atoms with E-state index in [0.717, 1.165) is 20.1 Å². The molecule has 1 N–H and O–H groups in total. The summed E-state index contributed by atoms with van der Waals surface area (Å²) in [5.41, 5.74) is 1.89. The Bertz CT molecular complexity index is 268. The molecule has 11 heavy (non-hydrogen) atoms. The van der Waals surface area contributed by atoms with Crippen molar-refractivity contribution in [3.63, 3.8) is 0 Å². The maximum absolute atomic E-state index is 9.49. The van der Waals surface area contributed by atoms with E-state index < -0.39 is 0 Å². The molecule has 3 heteroatoms. The van der Waals surface area contributed by atoms with E-state index in [1.54, 1.807) is 0 Å². The quantitative estimate of drug-likeness (QED) is 0.770. The first-order valence-corrected chi connectivity index (χ1v) is 4.76. The molecule has 0 heterocycles. The molecule has 0 aromatic heterocycles. The summed E-state index contributed by atoms with van der Waals surface area (Å²) < 4.78 is 1.72. The number of halogens is 2. The molecule has 0 aliphatic rings. The van der Waals surface area contributed by atoms with Gasteiger partial charge in [-0.05, 0) is 41.4 Å². The molecule has 0 radical (unpaired) electrons. The van der Waals surface area contributed by atoms with Crippen molar-refractivity contribution >= 4 is 31.9 Å². The van der Waals surface area contributed by atoms with Gasteiger partial charge in [0.05, 0.1) is 4.47 Å². The number of benzene rings is 1. The van der Waals surface area contributed by atoms with Crippen molar-refractivity contribution in [2.45, 2.75) is 13.8 Å². The van der Waals surface area contributed by atoms with Crippen molar-refractivity contribution in [2.75, 3.05) is 0 Å². The summed E-state index contributed by atoms with van der Waals surface area (Å²) in [6, 6.07) is 1.97. The molecular weight excluding hydrogens is 272 g/mol. The summed E-state index contributed by atoms with van der Waals surface area (Å²) >= 11 is 6.64. The minimum Gasteiger partial charge on any atom is -0.506 e. The second-order valence-electron chi connectivity index (χ2n) is 2.46. The van der Waals surface area contributed by atoms with Gasteiger partial charge in [-0.1, -0.05) is 15.9 Å². The fraction of sp³-hybridized carbons (Fsp3) is 0.250. The Morgan fingerprint density at radius 1 is 1.27 bits per heavy atom. The van der Waals surface area contributed by atoms with Crippen LogP contribution >= 0.6 is 31.9 Å². The van der Waals surface area contributed by atoms with E-state index in [0.29, 0.717) is 5.75 Å². The van der Waals surface area contributed by atoms with Gasteiger partial charge in [0.1, 0.15) is 5.75 Å². The highest BCUT2D eigenvalue weighted by Gasteiger charge is 2.07. The summed E-state index contributed by atoms with van der Waals surface area (Å²) in [6.07, 6.45) is 0. The Balaban J connectivity index is 3.46. The molecule has 0 saturated heterocycles. The zero-order chi connectivity index (χ0) is 8.59. The summed E-state index contributed by atoms with van der Waals surface area (Å²) in [6.45, 7) is 3.80. The van der Waals surface area contributed by atoms with Gasteiger partial charge in [0.25, 0.3) is 0 Å². The topological polar surface area (TPSA) is 20.2 Å². The standard InChI is InChI=1S/C8H8Br2O/c1-4-3-6(9)5(2)8(11)7(4)10/h3,11H,1-2H3. The largest absolute Gasteiger partial charge is 0.506 e. The number of rotatable bonds is 0. The highest BCUT2D eigenvalue weighted by Crippen LogP contribution is 2.35. The third-order valence-corrected chi connectivity index (χ3v) is 3.44. The zero-order valence-corrected chi connectivity index (χ0v) is 9.45. The van der Waals surface area contributed by atoms with E-state index in [4.69, 9.17) is 0 Å². The van der Waals surface area contributed by atoms with Crippen LogP contribution in [-0.2, 0) is 0 Å². The van der Waals surface area contributed by atoms with E-state index in [2.05, 4.69) is 31.9 Å². The minimum absolute atomic E-state index is 0.317. The van der Waals surface area contributed by atoms with Crippen molar-refractivity contribution in [3.05, 3.63) is 26.1 Å². The van der Waals surface area contributed by atoms with E-state index in [1.807, 2.05) is 19.9 Å². The molecule has 1 aromatic rings. The summed E-state index contributed by atoms with van der Waals surface area (Å²) in [7, 11) is 0. The van der Waals surface area contributed by atoms with Gasteiger partial charge < -0.3 is 5.11 Å². The number of aromatic hydroxyl groups is 1. The maximum Gasteiger partial charge on any atom is 0.134 e. The van der Waals surface area contributed by atoms with Crippen LogP contribution in [0, 0.1) is 13.8 Å². The van der Waals surface area contributed by atoms with Crippen LogP contribution in [0.5, 0.6) is 5.75 Å². The summed E-state index contributed by atoms with van der Waals surface area (Å²) in [5.74, 6) is 0.317. The van der Waals surface area contributed by atoms with Crippen molar-refractivity contribution in [2.24, 2.45) is 0 Å². The van der Waals surface area contributed by atoms with Gasteiger partial charge in [-0.25, -0.2) is 0 Å².